The maximum atomic E-state index is 12.4. The Morgan fingerprint density at radius 1 is 1.16 bits per heavy atom. The maximum Gasteiger partial charge on any atom is 0.161 e. The summed E-state index contributed by atoms with van der Waals surface area (Å²) in [6.45, 7) is 2.91. The van der Waals surface area contributed by atoms with E-state index in [-0.39, 0.29) is 18.3 Å². The fourth-order valence-electron chi connectivity index (χ4n) is 6.49. The van der Waals surface area contributed by atoms with Gasteiger partial charge < -0.3 is 14.6 Å². The number of Topliss-reactive ketones (excluding diaryl/α,β-unsaturated/α-hetero) is 1. The summed E-state index contributed by atoms with van der Waals surface area (Å²) in [6.07, 6.45) is 15.4. The molecular weight excluding hydrogens is 400 g/mol. The lowest BCUT2D eigenvalue weighted by atomic mass is 9.65. The van der Waals surface area contributed by atoms with E-state index in [2.05, 4.69) is 19.1 Å². The first-order valence-electron chi connectivity index (χ1n) is 13.2. The predicted octanol–water partition coefficient (Wildman–Crippen LogP) is 6.41. The van der Waals surface area contributed by atoms with E-state index < -0.39 is 6.10 Å². The van der Waals surface area contributed by atoms with E-state index in [9.17, 15) is 9.90 Å². The highest BCUT2D eigenvalue weighted by Gasteiger charge is 2.46. The summed E-state index contributed by atoms with van der Waals surface area (Å²) >= 11 is 0. The van der Waals surface area contributed by atoms with Crippen molar-refractivity contribution in [2.45, 2.75) is 115 Å². The first-order chi connectivity index (χ1) is 15.6. The van der Waals surface area contributed by atoms with Crippen LogP contribution < -0.4 is 9.47 Å². The molecule has 2 fully saturated rings. The van der Waals surface area contributed by atoms with E-state index in [0.29, 0.717) is 18.3 Å². The van der Waals surface area contributed by atoms with Crippen LogP contribution in [0.4, 0.5) is 0 Å². The summed E-state index contributed by atoms with van der Waals surface area (Å²) in [6, 6.07) is 6.19. The molecule has 1 N–H and O–H groups in total. The number of hydrogen-bond donors (Lipinski definition) is 1. The molecule has 32 heavy (non-hydrogen) atoms. The van der Waals surface area contributed by atoms with Crippen LogP contribution in [0, 0.1) is 11.3 Å². The van der Waals surface area contributed by atoms with Crippen molar-refractivity contribution in [1.29, 1.82) is 0 Å². The number of unbranched alkanes of at least 4 members (excludes halogenated alkanes) is 2. The molecule has 0 amide bonds. The van der Waals surface area contributed by atoms with E-state index in [4.69, 9.17) is 9.47 Å². The molecule has 1 aliphatic heterocycles. The second-order valence-corrected chi connectivity index (χ2v) is 10.6. The highest BCUT2D eigenvalue weighted by atomic mass is 16.5. The average Bonchev–Trinajstić information content (AvgIpc) is 3.14. The Bertz CT molecular complexity index is 760. The zero-order valence-electron chi connectivity index (χ0n) is 19.9. The maximum absolute atomic E-state index is 12.4. The first-order valence-corrected chi connectivity index (χ1v) is 13.2. The summed E-state index contributed by atoms with van der Waals surface area (Å²) in [5.41, 5.74) is 1.59. The predicted molar refractivity (Wildman–Crippen MR) is 127 cm³/mol. The average molecular weight is 443 g/mol. The van der Waals surface area contributed by atoms with Crippen molar-refractivity contribution in [3.05, 3.63) is 23.8 Å². The molecule has 1 heterocycles. The van der Waals surface area contributed by atoms with Gasteiger partial charge in [0.2, 0.25) is 0 Å². The standard InChI is InChI=1S/C28H42O4/c1-2-3-4-8-23(29)19-24(30)12-10-21-11-13-26-27(18-21)32-25-9-6-16-28(20-25)15-5-7-22(28)14-17-31-26/h11,13,18,22-23,25,29H,2-10,12,14-17,19-20H2,1H3/t22-,23+,25-,28+/m0/s1. The van der Waals surface area contributed by atoms with Gasteiger partial charge in [0.15, 0.2) is 11.5 Å². The second-order valence-electron chi connectivity index (χ2n) is 10.6. The number of rotatable bonds is 9. The van der Waals surface area contributed by atoms with Gasteiger partial charge in [-0.1, -0.05) is 38.7 Å². The minimum absolute atomic E-state index is 0.146. The minimum Gasteiger partial charge on any atom is -0.490 e. The summed E-state index contributed by atoms with van der Waals surface area (Å²) in [5.74, 6) is 2.64. The second kappa shape index (κ2) is 11.0. The van der Waals surface area contributed by atoms with Gasteiger partial charge in [-0.3, -0.25) is 4.79 Å². The van der Waals surface area contributed by atoms with Gasteiger partial charge in [-0.05, 0) is 86.8 Å². The Hall–Kier alpha value is -1.55. The van der Waals surface area contributed by atoms with E-state index in [0.717, 1.165) is 68.1 Å². The zero-order chi connectivity index (χ0) is 22.4. The smallest absolute Gasteiger partial charge is 0.161 e. The molecule has 178 valence electrons. The number of aliphatic hydroxyl groups excluding tert-OH is 1. The van der Waals surface area contributed by atoms with Crippen molar-refractivity contribution < 1.29 is 19.4 Å². The van der Waals surface area contributed by atoms with Crippen molar-refractivity contribution in [2.75, 3.05) is 6.61 Å². The van der Waals surface area contributed by atoms with E-state index in [1.165, 1.54) is 38.5 Å². The van der Waals surface area contributed by atoms with Crippen molar-refractivity contribution in [3.63, 3.8) is 0 Å². The van der Waals surface area contributed by atoms with Crippen LogP contribution in [0.2, 0.25) is 0 Å². The Kier molecular flexibility index (Phi) is 8.15. The van der Waals surface area contributed by atoms with Gasteiger partial charge in [0.1, 0.15) is 5.78 Å². The molecule has 2 saturated carbocycles. The molecule has 2 bridgehead atoms. The Morgan fingerprint density at radius 3 is 2.84 bits per heavy atom. The van der Waals surface area contributed by atoms with Crippen LogP contribution in [-0.4, -0.2) is 29.7 Å². The number of aliphatic hydroxyl groups is 1. The van der Waals surface area contributed by atoms with Gasteiger partial charge in [-0.2, -0.15) is 0 Å². The molecule has 1 aromatic carbocycles. The molecule has 0 saturated heterocycles. The number of hydrogen-bond acceptors (Lipinski definition) is 4. The third-order valence-electron chi connectivity index (χ3n) is 8.25. The van der Waals surface area contributed by atoms with E-state index in [1.54, 1.807) is 0 Å². The van der Waals surface area contributed by atoms with Gasteiger partial charge in [0, 0.05) is 12.8 Å². The van der Waals surface area contributed by atoms with Crippen LogP contribution in [0.15, 0.2) is 18.2 Å². The van der Waals surface area contributed by atoms with Crippen LogP contribution in [0.5, 0.6) is 11.5 Å². The first kappa shape index (κ1) is 23.6. The highest BCUT2D eigenvalue weighted by molar-refractivity contribution is 5.79. The molecule has 0 aromatic heterocycles. The fourth-order valence-corrected chi connectivity index (χ4v) is 6.49. The van der Waals surface area contributed by atoms with Crippen molar-refractivity contribution in [1.82, 2.24) is 0 Å². The summed E-state index contributed by atoms with van der Waals surface area (Å²) in [7, 11) is 0. The van der Waals surface area contributed by atoms with Crippen LogP contribution in [-0.2, 0) is 11.2 Å². The van der Waals surface area contributed by atoms with Crippen molar-refractivity contribution in [2.24, 2.45) is 11.3 Å². The summed E-state index contributed by atoms with van der Waals surface area (Å²) in [4.78, 5) is 12.4. The molecule has 0 radical (unpaired) electrons. The highest BCUT2D eigenvalue weighted by Crippen LogP contribution is 2.55. The molecular formula is C28H42O4. The molecule has 0 unspecified atom stereocenters. The Labute approximate surface area is 194 Å². The largest absolute Gasteiger partial charge is 0.490 e. The number of fused-ring (bicyclic) bond motifs is 2. The van der Waals surface area contributed by atoms with Crippen LogP contribution in [0.1, 0.15) is 102 Å². The molecule has 2 aliphatic carbocycles. The topological polar surface area (TPSA) is 55.8 Å². The van der Waals surface area contributed by atoms with Gasteiger partial charge in [-0.15, -0.1) is 0 Å². The van der Waals surface area contributed by atoms with Crippen LogP contribution >= 0.6 is 0 Å². The fraction of sp³-hybridized carbons (Fsp3) is 0.750. The van der Waals surface area contributed by atoms with E-state index >= 15 is 0 Å². The normalized spacial score (nSPS) is 28.1. The number of ether oxygens (including phenoxy) is 2. The molecule has 4 rings (SSSR count). The molecule has 1 aromatic rings. The SMILES string of the molecule is CCCCC[C@@H](O)CC(=O)CCc1ccc2c(c1)O[C@H]1CCC[C@]3(CCC[C@H]3CCO2)C1. The van der Waals surface area contributed by atoms with E-state index in [1.807, 2.05) is 6.07 Å². The molecule has 1 spiro atoms. The lowest BCUT2D eigenvalue weighted by Gasteiger charge is -2.43. The lowest BCUT2D eigenvalue weighted by Crippen LogP contribution is -2.38. The number of carbonyl (C=O) groups is 1. The van der Waals surface area contributed by atoms with Crippen molar-refractivity contribution >= 4 is 5.78 Å². The lowest BCUT2D eigenvalue weighted by molar-refractivity contribution is -0.121. The number of benzene rings is 1. The molecule has 4 nitrogen and oxygen atoms in total. The van der Waals surface area contributed by atoms with Gasteiger partial charge in [-0.25, -0.2) is 0 Å². The molecule has 4 heteroatoms. The van der Waals surface area contributed by atoms with Gasteiger partial charge in [0.25, 0.3) is 0 Å². The monoisotopic (exact) mass is 442 g/mol. The Balaban J connectivity index is 1.36. The third-order valence-corrected chi connectivity index (χ3v) is 8.25. The van der Waals surface area contributed by atoms with Crippen molar-refractivity contribution in [3.8, 4) is 11.5 Å². The number of carbonyl (C=O) groups excluding carboxylic acids is 1. The summed E-state index contributed by atoms with van der Waals surface area (Å²) in [5, 5.41) is 10.1. The van der Waals surface area contributed by atoms with Gasteiger partial charge in [0.05, 0.1) is 18.8 Å². The third kappa shape index (κ3) is 5.87. The molecule has 3 aliphatic rings. The van der Waals surface area contributed by atoms with Gasteiger partial charge >= 0.3 is 0 Å². The summed E-state index contributed by atoms with van der Waals surface area (Å²) < 4.78 is 12.8. The van der Waals surface area contributed by atoms with Crippen LogP contribution in [0.25, 0.3) is 0 Å². The van der Waals surface area contributed by atoms with Crippen LogP contribution in [0.3, 0.4) is 0 Å². The quantitative estimate of drug-likeness (QED) is 0.449. The minimum atomic E-state index is -0.493. The Morgan fingerprint density at radius 2 is 2.00 bits per heavy atom. The zero-order valence-corrected chi connectivity index (χ0v) is 19.9. The number of aryl methyl sites for hydroxylation is 1. The number of ketones is 1. The molecule has 4 atom stereocenters.